The quantitative estimate of drug-likeness (QED) is 0.772. The molecule has 4 N–H and O–H groups in total. The van der Waals surface area contributed by atoms with E-state index < -0.39 is 17.7 Å². The summed E-state index contributed by atoms with van der Waals surface area (Å²) in [4.78, 5) is 28.3. The molecule has 8 heteroatoms. The van der Waals surface area contributed by atoms with Crippen LogP contribution >= 0.6 is 11.6 Å². The number of nitrogens with zero attached hydrogens (tertiary/aromatic N) is 1. The van der Waals surface area contributed by atoms with Gasteiger partial charge >= 0.3 is 6.09 Å². The number of rotatable bonds is 3. The van der Waals surface area contributed by atoms with Gasteiger partial charge in [-0.15, -0.1) is 0 Å². The lowest BCUT2D eigenvalue weighted by molar-refractivity contribution is -0.123. The highest BCUT2D eigenvalue weighted by Gasteiger charge is 2.28. The average molecular weight is 355 g/mol. The summed E-state index contributed by atoms with van der Waals surface area (Å²) < 4.78 is 5.14. The van der Waals surface area contributed by atoms with Crippen LogP contribution in [0, 0.1) is 0 Å². The standard InChI is InChI=1S/C16H23ClN4O3/c1-8(19-15(23)24-16(2,3)4)14(22)21-12-6-5-11-9(12)7-10(17)13(18)20-11/h7-8,12H,5-6H2,1-4H3,(H2,18,20)(H,19,23)(H,21,22)/t8-,12?/m0/s1. The summed E-state index contributed by atoms with van der Waals surface area (Å²) in [6.45, 7) is 6.88. The monoisotopic (exact) mass is 354 g/mol. The van der Waals surface area contributed by atoms with Crippen molar-refractivity contribution in [3.8, 4) is 0 Å². The highest BCUT2D eigenvalue weighted by atomic mass is 35.5. The molecule has 1 heterocycles. The number of nitrogens with one attached hydrogen (secondary N) is 2. The lowest BCUT2D eigenvalue weighted by Crippen LogP contribution is -2.47. The molecular weight excluding hydrogens is 332 g/mol. The Labute approximate surface area is 146 Å². The Hall–Kier alpha value is -2.02. The van der Waals surface area contributed by atoms with Crippen molar-refractivity contribution in [2.24, 2.45) is 0 Å². The molecule has 1 unspecified atom stereocenters. The van der Waals surface area contributed by atoms with Gasteiger partial charge in [-0.2, -0.15) is 0 Å². The van der Waals surface area contributed by atoms with E-state index in [1.807, 2.05) is 0 Å². The second kappa shape index (κ2) is 6.84. The van der Waals surface area contributed by atoms with E-state index >= 15 is 0 Å². The van der Waals surface area contributed by atoms with Crippen molar-refractivity contribution in [1.29, 1.82) is 0 Å². The first kappa shape index (κ1) is 18.3. The van der Waals surface area contributed by atoms with Crippen molar-refractivity contribution in [3.63, 3.8) is 0 Å². The summed E-state index contributed by atoms with van der Waals surface area (Å²) >= 11 is 6.01. The molecule has 132 valence electrons. The molecular formula is C16H23ClN4O3. The van der Waals surface area contributed by atoms with E-state index in [0.29, 0.717) is 17.3 Å². The number of hydrogen-bond acceptors (Lipinski definition) is 5. The molecule has 0 saturated carbocycles. The number of fused-ring (bicyclic) bond motifs is 1. The number of alkyl carbamates (subject to hydrolysis) is 1. The Bertz CT molecular complexity index is 657. The van der Waals surface area contributed by atoms with Gasteiger partial charge in [0.25, 0.3) is 0 Å². The number of carbonyl (C=O) groups excluding carboxylic acids is 2. The molecule has 7 nitrogen and oxygen atoms in total. The van der Waals surface area contributed by atoms with Gasteiger partial charge in [0.15, 0.2) is 0 Å². The maximum Gasteiger partial charge on any atom is 0.408 e. The van der Waals surface area contributed by atoms with E-state index in [1.165, 1.54) is 0 Å². The zero-order valence-corrected chi connectivity index (χ0v) is 15.0. The van der Waals surface area contributed by atoms with Gasteiger partial charge in [-0.3, -0.25) is 4.79 Å². The first-order chi connectivity index (χ1) is 11.1. The molecule has 2 atom stereocenters. The van der Waals surface area contributed by atoms with Gasteiger partial charge in [0.2, 0.25) is 5.91 Å². The van der Waals surface area contributed by atoms with Gasteiger partial charge in [-0.05, 0) is 52.2 Å². The Morgan fingerprint density at radius 1 is 1.46 bits per heavy atom. The first-order valence-electron chi connectivity index (χ1n) is 7.81. The predicted molar refractivity (Wildman–Crippen MR) is 91.7 cm³/mol. The summed E-state index contributed by atoms with van der Waals surface area (Å²) in [7, 11) is 0. The van der Waals surface area contributed by atoms with Crippen LogP contribution in [0.5, 0.6) is 0 Å². The maximum absolute atomic E-state index is 12.3. The molecule has 0 saturated heterocycles. The van der Waals surface area contributed by atoms with Crippen LogP contribution in [0.25, 0.3) is 0 Å². The molecule has 0 radical (unpaired) electrons. The lowest BCUT2D eigenvalue weighted by atomic mass is 10.1. The number of amides is 2. The molecule has 24 heavy (non-hydrogen) atoms. The van der Waals surface area contributed by atoms with Crippen LogP contribution in [0.3, 0.4) is 0 Å². The Kier molecular flexibility index (Phi) is 5.22. The van der Waals surface area contributed by atoms with E-state index in [0.717, 1.165) is 17.7 Å². The molecule has 0 spiro atoms. The van der Waals surface area contributed by atoms with Crippen LogP contribution in [-0.2, 0) is 16.0 Å². The topological polar surface area (TPSA) is 106 Å². The van der Waals surface area contributed by atoms with E-state index in [9.17, 15) is 9.59 Å². The largest absolute Gasteiger partial charge is 0.444 e. The number of aromatic nitrogens is 1. The van der Waals surface area contributed by atoms with Crippen molar-refractivity contribution in [2.75, 3.05) is 5.73 Å². The van der Waals surface area contributed by atoms with Crippen molar-refractivity contribution >= 4 is 29.4 Å². The highest BCUT2D eigenvalue weighted by molar-refractivity contribution is 6.32. The third kappa shape index (κ3) is 4.50. The molecule has 0 fully saturated rings. The third-order valence-corrected chi connectivity index (χ3v) is 3.91. The molecule has 0 aliphatic heterocycles. The van der Waals surface area contributed by atoms with Crippen molar-refractivity contribution < 1.29 is 14.3 Å². The van der Waals surface area contributed by atoms with Gasteiger partial charge in [0, 0.05) is 5.69 Å². The van der Waals surface area contributed by atoms with Crippen LogP contribution in [0.1, 0.15) is 51.4 Å². The summed E-state index contributed by atoms with van der Waals surface area (Å²) in [5, 5.41) is 5.79. The van der Waals surface area contributed by atoms with Gasteiger partial charge in [0.1, 0.15) is 17.5 Å². The highest BCUT2D eigenvalue weighted by Crippen LogP contribution is 2.33. The molecule has 1 aromatic heterocycles. The van der Waals surface area contributed by atoms with Gasteiger partial charge < -0.3 is 21.1 Å². The van der Waals surface area contributed by atoms with Crippen LogP contribution < -0.4 is 16.4 Å². The predicted octanol–water partition coefficient (Wildman–Crippen LogP) is 2.33. The fraction of sp³-hybridized carbons (Fsp3) is 0.562. The minimum absolute atomic E-state index is 0.194. The first-order valence-corrected chi connectivity index (χ1v) is 8.19. The Morgan fingerprint density at radius 3 is 2.75 bits per heavy atom. The second-order valence-corrected chi connectivity index (χ2v) is 7.27. The summed E-state index contributed by atoms with van der Waals surface area (Å²) in [6, 6.07) is 0.824. The number of aryl methyl sites for hydroxylation is 1. The number of pyridine rings is 1. The van der Waals surface area contributed by atoms with Crippen LogP contribution in [0.4, 0.5) is 10.6 Å². The van der Waals surface area contributed by atoms with Crippen LogP contribution in [-0.4, -0.2) is 28.6 Å². The molecule has 1 aromatic rings. The van der Waals surface area contributed by atoms with Gasteiger partial charge in [0.05, 0.1) is 11.1 Å². The fourth-order valence-electron chi connectivity index (χ4n) is 2.49. The minimum atomic E-state index is -0.721. The SMILES string of the molecule is C[C@H](NC(=O)OC(C)(C)C)C(=O)NC1CCc2nc(N)c(Cl)cc21. The number of nitrogens with two attached hydrogens (primary N) is 1. The number of hydrogen-bond donors (Lipinski definition) is 3. The summed E-state index contributed by atoms with van der Waals surface area (Å²) in [6.07, 6.45) is 0.803. The molecule has 1 aliphatic rings. The average Bonchev–Trinajstić information content (AvgIpc) is 2.79. The molecule has 2 rings (SSSR count). The van der Waals surface area contributed by atoms with E-state index in [4.69, 9.17) is 22.1 Å². The minimum Gasteiger partial charge on any atom is -0.444 e. The number of anilines is 1. The number of carbonyl (C=O) groups is 2. The Morgan fingerprint density at radius 2 is 2.12 bits per heavy atom. The smallest absolute Gasteiger partial charge is 0.408 e. The second-order valence-electron chi connectivity index (χ2n) is 6.86. The molecule has 0 bridgehead atoms. The van der Waals surface area contributed by atoms with Crippen LogP contribution in [0.2, 0.25) is 5.02 Å². The normalized spacial score (nSPS) is 17.8. The molecule has 2 amide bonds. The maximum atomic E-state index is 12.3. The van der Waals surface area contributed by atoms with Crippen LogP contribution in [0.15, 0.2) is 6.07 Å². The van der Waals surface area contributed by atoms with Gasteiger partial charge in [-0.25, -0.2) is 9.78 Å². The fourth-order valence-corrected chi connectivity index (χ4v) is 2.65. The number of nitrogen functional groups attached to an aromatic ring is 1. The van der Waals surface area contributed by atoms with Crippen molar-refractivity contribution in [1.82, 2.24) is 15.6 Å². The lowest BCUT2D eigenvalue weighted by Gasteiger charge is -2.22. The summed E-state index contributed by atoms with van der Waals surface area (Å²) in [5.41, 5.74) is 6.79. The molecule has 1 aliphatic carbocycles. The van der Waals surface area contributed by atoms with E-state index in [1.54, 1.807) is 33.8 Å². The molecule has 0 aromatic carbocycles. The van der Waals surface area contributed by atoms with E-state index in [-0.39, 0.29) is 11.9 Å². The zero-order chi connectivity index (χ0) is 18.1. The number of ether oxygens (including phenoxy) is 1. The van der Waals surface area contributed by atoms with Gasteiger partial charge in [-0.1, -0.05) is 11.6 Å². The van der Waals surface area contributed by atoms with E-state index in [2.05, 4.69) is 15.6 Å². The van der Waals surface area contributed by atoms with Crippen molar-refractivity contribution in [2.45, 2.75) is 58.2 Å². The summed E-state index contributed by atoms with van der Waals surface area (Å²) in [5.74, 6) is -0.00555. The Balaban J connectivity index is 1.97. The zero-order valence-electron chi connectivity index (χ0n) is 14.3. The van der Waals surface area contributed by atoms with Crippen molar-refractivity contribution in [3.05, 3.63) is 22.3 Å². The third-order valence-electron chi connectivity index (χ3n) is 3.60. The number of halogens is 1.